The highest BCUT2D eigenvalue weighted by Gasteiger charge is 2.15. The molecule has 6 heteroatoms. The van der Waals surface area contributed by atoms with Gasteiger partial charge in [-0.2, -0.15) is 0 Å². The third kappa shape index (κ3) is 5.04. The smallest absolute Gasteiger partial charge is 0.251 e. The van der Waals surface area contributed by atoms with Crippen LogP contribution in [0, 0.1) is 12.7 Å². The van der Waals surface area contributed by atoms with E-state index in [9.17, 15) is 14.0 Å². The lowest BCUT2D eigenvalue weighted by Gasteiger charge is -2.18. The molecule has 25 heavy (non-hydrogen) atoms. The molecule has 0 aliphatic rings. The van der Waals surface area contributed by atoms with Crippen LogP contribution in [0.5, 0.6) is 5.75 Å². The standard InChI is InChI=1S/C19H21FN2O3/c1-12-4-9-17(25-3)16(10-12)13(2)22-18(23)11-21-19(24)14-5-7-15(20)8-6-14/h4-10,13H,11H2,1-3H3,(H,21,24)(H,22,23)/t13-/m0/s1. The minimum Gasteiger partial charge on any atom is -0.496 e. The molecule has 0 heterocycles. The van der Waals surface area contributed by atoms with Crippen LogP contribution in [0.3, 0.4) is 0 Å². The molecule has 0 saturated heterocycles. The second kappa shape index (κ2) is 8.28. The predicted octanol–water partition coefficient (Wildman–Crippen LogP) is 2.75. The minimum atomic E-state index is -0.434. The Kier molecular flexibility index (Phi) is 6.11. The highest BCUT2D eigenvalue weighted by molar-refractivity contribution is 5.96. The molecule has 0 spiro atoms. The molecule has 2 rings (SSSR count). The van der Waals surface area contributed by atoms with Crippen molar-refractivity contribution in [3.05, 3.63) is 65.0 Å². The van der Waals surface area contributed by atoms with Crippen molar-refractivity contribution in [3.8, 4) is 5.75 Å². The maximum absolute atomic E-state index is 12.9. The van der Waals surface area contributed by atoms with E-state index in [1.165, 1.54) is 24.3 Å². The van der Waals surface area contributed by atoms with Gasteiger partial charge < -0.3 is 15.4 Å². The van der Waals surface area contributed by atoms with E-state index in [4.69, 9.17) is 4.74 Å². The number of carbonyl (C=O) groups is 2. The third-order valence-corrected chi connectivity index (χ3v) is 3.75. The molecule has 1 atom stereocenters. The summed E-state index contributed by atoms with van der Waals surface area (Å²) in [5.74, 6) is -0.494. The van der Waals surface area contributed by atoms with Crippen molar-refractivity contribution in [2.24, 2.45) is 0 Å². The summed E-state index contributed by atoms with van der Waals surface area (Å²) in [6, 6.07) is 10.6. The molecule has 2 N–H and O–H groups in total. The molecule has 0 unspecified atom stereocenters. The van der Waals surface area contributed by atoms with Crippen LogP contribution in [0.25, 0.3) is 0 Å². The number of benzene rings is 2. The Hall–Kier alpha value is -2.89. The van der Waals surface area contributed by atoms with Crippen molar-refractivity contribution in [2.75, 3.05) is 13.7 Å². The molecule has 2 aromatic rings. The molecule has 0 aliphatic carbocycles. The average molecular weight is 344 g/mol. The molecule has 0 fully saturated rings. The van der Waals surface area contributed by atoms with Crippen LogP contribution < -0.4 is 15.4 Å². The maximum atomic E-state index is 12.9. The highest BCUT2D eigenvalue weighted by Crippen LogP contribution is 2.25. The second-order valence-corrected chi connectivity index (χ2v) is 5.72. The summed E-state index contributed by atoms with van der Waals surface area (Å²) >= 11 is 0. The molecule has 0 aliphatic heterocycles. The van der Waals surface area contributed by atoms with E-state index < -0.39 is 11.7 Å². The van der Waals surface area contributed by atoms with E-state index in [-0.39, 0.29) is 18.5 Å². The maximum Gasteiger partial charge on any atom is 0.251 e. The predicted molar refractivity (Wildman–Crippen MR) is 93.0 cm³/mol. The monoisotopic (exact) mass is 344 g/mol. The van der Waals surface area contributed by atoms with Gasteiger partial charge in [0, 0.05) is 11.1 Å². The number of carbonyl (C=O) groups excluding carboxylic acids is 2. The van der Waals surface area contributed by atoms with Gasteiger partial charge >= 0.3 is 0 Å². The van der Waals surface area contributed by atoms with E-state index in [2.05, 4.69) is 10.6 Å². The number of nitrogens with one attached hydrogen (secondary N) is 2. The van der Waals surface area contributed by atoms with Gasteiger partial charge in [0.15, 0.2) is 0 Å². The van der Waals surface area contributed by atoms with E-state index >= 15 is 0 Å². The fourth-order valence-electron chi connectivity index (χ4n) is 2.43. The zero-order chi connectivity index (χ0) is 18.4. The van der Waals surface area contributed by atoms with Gasteiger partial charge in [-0.05, 0) is 44.2 Å². The summed E-state index contributed by atoms with van der Waals surface area (Å²) in [4.78, 5) is 24.0. The first kappa shape index (κ1) is 18.4. The molecule has 2 aromatic carbocycles. The minimum absolute atomic E-state index is 0.172. The summed E-state index contributed by atoms with van der Waals surface area (Å²) in [6.07, 6.45) is 0. The molecule has 0 bridgehead atoms. The van der Waals surface area contributed by atoms with E-state index in [0.29, 0.717) is 11.3 Å². The van der Waals surface area contributed by atoms with Crippen LogP contribution in [0.4, 0.5) is 4.39 Å². The molecule has 5 nitrogen and oxygen atoms in total. The van der Waals surface area contributed by atoms with Crippen molar-refractivity contribution in [1.82, 2.24) is 10.6 Å². The van der Waals surface area contributed by atoms with Crippen LogP contribution in [0.1, 0.15) is 34.5 Å². The fourth-order valence-corrected chi connectivity index (χ4v) is 2.43. The molecular formula is C19H21FN2O3. The fraction of sp³-hybridized carbons (Fsp3) is 0.263. The Morgan fingerprint density at radius 1 is 1.16 bits per heavy atom. The van der Waals surface area contributed by atoms with Gasteiger partial charge in [0.1, 0.15) is 11.6 Å². The van der Waals surface area contributed by atoms with Crippen LogP contribution >= 0.6 is 0 Å². The van der Waals surface area contributed by atoms with Crippen LogP contribution in [-0.2, 0) is 4.79 Å². The van der Waals surface area contributed by atoms with Gasteiger partial charge in [0.05, 0.1) is 19.7 Å². The van der Waals surface area contributed by atoms with Crippen LogP contribution in [0.15, 0.2) is 42.5 Å². The number of methoxy groups -OCH3 is 1. The van der Waals surface area contributed by atoms with Gasteiger partial charge in [0.2, 0.25) is 5.91 Å². The molecule has 0 aromatic heterocycles. The van der Waals surface area contributed by atoms with Crippen molar-refractivity contribution in [2.45, 2.75) is 19.9 Å². The molecule has 0 radical (unpaired) electrons. The summed E-state index contributed by atoms with van der Waals surface area (Å²) in [5.41, 5.74) is 2.21. The molecule has 2 amide bonds. The molecule has 0 saturated carbocycles. The Balaban J connectivity index is 1.92. The van der Waals surface area contributed by atoms with Gasteiger partial charge in [-0.25, -0.2) is 4.39 Å². The SMILES string of the molecule is COc1ccc(C)cc1[C@H](C)NC(=O)CNC(=O)c1ccc(F)cc1. The zero-order valence-electron chi connectivity index (χ0n) is 14.4. The Bertz CT molecular complexity index is 760. The third-order valence-electron chi connectivity index (χ3n) is 3.75. The lowest BCUT2D eigenvalue weighted by molar-refractivity contribution is -0.120. The van der Waals surface area contributed by atoms with Crippen molar-refractivity contribution < 1.29 is 18.7 Å². The van der Waals surface area contributed by atoms with Gasteiger partial charge in [-0.3, -0.25) is 9.59 Å². The topological polar surface area (TPSA) is 67.4 Å². The van der Waals surface area contributed by atoms with Crippen molar-refractivity contribution >= 4 is 11.8 Å². The molecular weight excluding hydrogens is 323 g/mol. The summed E-state index contributed by atoms with van der Waals surface area (Å²) in [5, 5.41) is 5.33. The van der Waals surface area contributed by atoms with Gasteiger partial charge in [-0.1, -0.05) is 17.7 Å². The number of aryl methyl sites for hydroxylation is 1. The first-order valence-corrected chi connectivity index (χ1v) is 7.88. The number of rotatable bonds is 6. The molecule has 132 valence electrons. The van der Waals surface area contributed by atoms with Gasteiger partial charge in [-0.15, -0.1) is 0 Å². The quantitative estimate of drug-likeness (QED) is 0.847. The zero-order valence-corrected chi connectivity index (χ0v) is 14.4. The highest BCUT2D eigenvalue weighted by atomic mass is 19.1. The Morgan fingerprint density at radius 2 is 1.84 bits per heavy atom. The normalized spacial score (nSPS) is 11.5. The Morgan fingerprint density at radius 3 is 2.48 bits per heavy atom. The number of amides is 2. The van der Waals surface area contributed by atoms with E-state index in [1.54, 1.807) is 7.11 Å². The van der Waals surface area contributed by atoms with Gasteiger partial charge in [0.25, 0.3) is 5.91 Å². The largest absolute Gasteiger partial charge is 0.496 e. The summed E-state index contributed by atoms with van der Waals surface area (Å²) in [6.45, 7) is 3.63. The lowest BCUT2D eigenvalue weighted by atomic mass is 10.0. The number of halogens is 1. The number of hydrogen-bond acceptors (Lipinski definition) is 3. The second-order valence-electron chi connectivity index (χ2n) is 5.72. The first-order valence-electron chi connectivity index (χ1n) is 7.88. The van der Waals surface area contributed by atoms with Crippen molar-refractivity contribution in [3.63, 3.8) is 0 Å². The lowest BCUT2D eigenvalue weighted by Crippen LogP contribution is -2.38. The van der Waals surface area contributed by atoms with E-state index in [0.717, 1.165) is 11.1 Å². The average Bonchev–Trinajstić information content (AvgIpc) is 2.60. The summed E-state index contributed by atoms with van der Waals surface area (Å²) < 4.78 is 18.2. The summed E-state index contributed by atoms with van der Waals surface area (Å²) in [7, 11) is 1.58. The first-order chi connectivity index (χ1) is 11.9. The van der Waals surface area contributed by atoms with Crippen LogP contribution in [0.2, 0.25) is 0 Å². The van der Waals surface area contributed by atoms with Crippen LogP contribution in [-0.4, -0.2) is 25.5 Å². The number of ether oxygens (including phenoxy) is 1. The number of hydrogen-bond donors (Lipinski definition) is 2. The van der Waals surface area contributed by atoms with Crippen molar-refractivity contribution in [1.29, 1.82) is 0 Å². The van der Waals surface area contributed by atoms with E-state index in [1.807, 2.05) is 32.0 Å². The Labute approximate surface area is 146 Å².